The number of ketones is 2. The molecule has 3 atom stereocenters. The predicted octanol–water partition coefficient (Wildman–Crippen LogP) is 3.72. The molecule has 5 rings (SSSR count). The largest absolute Gasteiger partial charge is 0.346 e. The Hall–Kier alpha value is -1.82. The van der Waals surface area contributed by atoms with Gasteiger partial charge in [0.25, 0.3) is 0 Å². The lowest BCUT2D eigenvalue weighted by Crippen LogP contribution is -2.24. The van der Waals surface area contributed by atoms with Crippen molar-refractivity contribution < 1.29 is 19.1 Å². The molecule has 3 unspecified atom stereocenters. The van der Waals surface area contributed by atoms with Crippen molar-refractivity contribution in [2.24, 2.45) is 0 Å². The first-order valence-corrected chi connectivity index (χ1v) is 9.46. The first-order chi connectivity index (χ1) is 12.1. The van der Waals surface area contributed by atoms with E-state index in [4.69, 9.17) is 9.47 Å². The molecule has 3 aliphatic rings. The zero-order valence-electron chi connectivity index (χ0n) is 13.5. The second kappa shape index (κ2) is 5.34. The third-order valence-electron chi connectivity index (χ3n) is 5.32. The number of ether oxygens (including phenoxy) is 2. The molecule has 0 spiro atoms. The van der Waals surface area contributed by atoms with Crippen LogP contribution in [0.5, 0.6) is 0 Å². The SMILES string of the molecule is CC1OC2Cc3c4c(cc(CBr)c3C2O1)C(=O)c1ccccc1C4=O. The molecule has 0 saturated carbocycles. The Morgan fingerprint density at radius 1 is 1.08 bits per heavy atom. The summed E-state index contributed by atoms with van der Waals surface area (Å²) in [6.45, 7) is 1.88. The van der Waals surface area contributed by atoms with Crippen molar-refractivity contribution in [3.05, 3.63) is 69.3 Å². The summed E-state index contributed by atoms with van der Waals surface area (Å²) < 4.78 is 11.8. The van der Waals surface area contributed by atoms with Gasteiger partial charge in [-0.3, -0.25) is 9.59 Å². The fourth-order valence-corrected chi connectivity index (χ4v) is 4.81. The molecule has 0 aromatic heterocycles. The highest BCUT2D eigenvalue weighted by Gasteiger charge is 2.46. The standard InChI is InChI=1S/C20H15BrO4/c1-9-24-15-7-13-16(20(15)25-9)10(8-21)6-14-17(13)19(23)12-5-3-2-4-11(12)18(14)22/h2-6,9,15,20H,7-8H2,1H3. The van der Waals surface area contributed by atoms with Crippen LogP contribution >= 0.6 is 15.9 Å². The highest BCUT2D eigenvalue weighted by atomic mass is 79.9. The monoisotopic (exact) mass is 398 g/mol. The molecule has 1 heterocycles. The Morgan fingerprint density at radius 3 is 2.52 bits per heavy atom. The van der Waals surface area contributed by atoms with Gasteiger partial charge in [0.15, 0.2) is 17.9 Å². The number of rotatable bonds is 1. The van der Waals surface area contributed by atoms with E-state index in [1.807, 2.05) is 13.0 Å². The average Bonchev–Trinajstić information content (AvgIpc) is 3.14. The summed E-state index contributed by atoms with van der Waals surface area (Å²) in [4.78, 5) is 26.1. The van der Waals surface area contributed by atoms with E-state index in [0.717, 1.165) is 16.7 Å². The minimum absolute atomic E-state index is 0.0735. The molecule has 4 nitrogen and oxygen atoms in total. The van der Waals surface area contributed by atoms with Crippen LogP contribution in [0.1, 0.15) is 61.6 Å². The van der Waals surface area contributed by atoms with Gasteiger partial charge in [0.05, 0.1) is 6.10 Å². The molecule has 1 fully saturated rings. The van der Waals surface area contributed by atoms with Crippen LogP contribution in [0, 0.1) is 0 Å². The molecule has 126 valence electrons. The highest BCUT2D eigenvalue weighted by molar-refractivity contribution is 9.08. The van der Waals surface area contributed by atoms with Crippen molar-refractivity contribution in [2.75, 3.05) is 0 Å². The van der Waals surface area contributed by atoms with Crippen molar-refractivity contribution in [2.45, 2.75) is 37.2 Å². The van der Waals surface area contributed by atoms with Crippen molar-refractivity contribution in [1.82, 2.24) is 0 Å². The molecule has 25 heavy (non-hydrogen) atoms. The van der Waals surface area contributed by atoms with Crippen molar-refractivity contribution in [3.8, 4) is 0 Å². The fourth-order valence-electron chi connectivity index (χ4n) is 4.34. The van der Waals surface area contributed by atoms with Crippen molar-refractivity contribution in [3.63, 3.8) is 0 Å². The second-order valence-electron chi connectivity index (χ2n) is 6.69. The molecule has 0 N–H and O–H groups in total. The van der Waals surface area contributed by atoms with Crippen LogP contribution in [0.25, 0.3) is 0 Å². The highest BCUT2D eigenvalue weighted by Crippen LogP contribution is 2.47. The number of carbonyl (C=O) groups is 2. The van der Waals surface area contributed by atoms with Gasteiger partial charge >= 0.3 is 0 Å². The topological polar surface area (TPSA) is 52.6 Å². The third-order valence-corrected chi connectivity index (χ3v) is 5.93. The summed E-state index contributed by atoms with van der Waals surface area (Å²) in [5, 5.41) is 0.604. The van der Waals surface area contributed by atoms with E-state index in [-0.39, 0.29) is 30.1 Å². The van der Waals surface area contributed by atoms with Crippen LogP contribution in [-0.2, 0) is 21.2 Å². The Labute approximate surface area is 153 Å². The molecular weight excluding hydrogens is 384 g/mol. The normalized spacial score (nSPS) is 26.2. The molecule has 0 radical (unpaired) electrons. The molecule has 2 aromatic carbocycles. The van der Waals surface area contributed by atoms with E-state index in [9.17, 15) is 9.59 Å². The number of alkyl halides is 1. The Balaban J connectivity index is 1.77. The van der Waals surface area contributed by atoms with Crippen molar-refractivity contribution in [1.29, 1.82) is 0 Å². The van der Waals surface area contributed by atoms with Crippen LogP contribution < -0.4 is 0 Å². The number of fused-ring (bicyclic) bond motifs is 6. The van der Waals surface area contributed by atoms with E-state index >= 15 is 0 Å². The van der Waals surface area contributed by atoms with Gasteiger partial charge in [0.1, 0.15) is 6.10 Å². The first kappa shape index (κ1) is 15.4. The predicted molar refractivity (Wildman–Crippen MR) is 94.2 cm³/mol. The molecule has 0 amide bonds. The lowest BCUT2D eigenvalue weighted by Gasteiger charge is -2.23. The van der Waals surface area contributed by atoms with Crippen LogP contribution in [0.3, 0.4) is 0 Å². The summed E-state index contributed by atoms with van der Waals surface area (Å²) in [6, 6.07) is 8.90. The van der Waals surface area contributed by atoms with Crippen LogP contribution in [0.4, 0.5) is 0 Å². The summed E-state index contributed by atoms with van der Waals surface area (Å²) in [5.74, 6) is -0.155. The minimum Gasteiger partial charge on any atom is -0.346 e. The maximum absolute atomic E-state index is 13.2. The van der Waals surface area contributed by atoms with Gasteiger partial charge in [-0.05, 0) is 29.7 Å². The number of hydrogen-bond acceptors (Lipinski definition) is 4. The molecule has 2 aliphatic carbocycles. The summed E-state index contributed by atoms with van der Waals surface area (Å²) in [7, 11) is 0. The second-order valence-corrected chi connectivity index (χ2v) is 7.25. The van der Waals surface area contributed by atoms with Crippen LogP contribution in [-0.4, -0.2) is 24.0 Å². The maximum Gasteiger partial charge on any atom is 0.194 e. The molecule has 1 aliphatic heterocycles. The quantitative estimate of drug-likeness (QED) is 0.586. The van der Waals surface area contributed by atoms with Gasteiger partial charge in [-0.1, -0.05) is 40.2 Å². The van der Waals surface area contributed by atoms with Crippen LogP contribution in [0.15, 0.2) is 30.3 Å². The summed E-state index contributed by atoms with van der Waals surface area (Å²) >= 11 is 3.53. The van der Waals surface area contributed by atoms with Crippen molar-refractivity contribution >= 4 is 27.5 Å². The lowest BCUT2D eigenvalue weighted by molar-refractivity contribution is -0.0532. The molecule has 2 aromatic rings. The van der Waals surface area contributed by atoms with Gasteiger partial charge in [-0.25, -0.2) is 0 Å². The molecule has 1 saturated heterocycles. The zero-order chi connectivity index (χ0) is 17.3. The Bertz CT molecular complexity index is 949. The molecule has 0 bridgehead atoms. The molecular formula is C20H15BrO4. The van der Waals surface area contributed by atoms with E-state index in [2.05, 4.69) is 15.9 Å². The zero-order valence-corrected chi connectivity index (χ0v) is 15.1. The van der Waals surface area contributed by atoms with Gasteiger partial charge < -0.3 is 9.47 Å². The summed E-state index contributed by atoms with van der Waals surface area (Å²) in [5.41, 5.74) is 4.95. The Morgan fingerprint density at radius 2 is 1.80 bits per heavy atom. The van der Waals surface area contributed by atoms with Crippen LogP contribution in [0.2, 0.25) is 0 Å². The van der Waals surface area contributed by atoms with Gasteiger partial charge in [0.2, 0.25) is 0 Å². The lowest BCUT2D eigenvalue weighted by atomic mass is 9.79. The van der Waals surface area contributed by atoms with E-state index in [1.54, 1.807) is 24.3 Å². The molecule has 5 heteroatoms. The summed E-state index contributed by atoms with van der Waals surface area (Å²) in [6.07, 6.45) is 0.104. The first-order valence-electron chi connectivity index (χ1n) is 8.34. The minimum atomic E-state index is -0.250. The number of benzene rings is 2. The smallest absolute Gasteiger partial charge is 0.194 e. The van der Waals surface area contributed by atoms with E-state index in [0.29, 0.717) is 34.0 Å². The maximum atomic E-state index is 13.2. The average molecular weight is 399 g/mol. The van der Waals surface area contributed by atoms with E-state index < -0.39 is 0 Å². The van der Waals surface area contributed by atoms with Gasteiger partial charge in [-0.15, -0.1) is 0 Å². The number of halogens is 1. The number of hydrogen-bond donors (Lipinski definition) is 0. The van der Waals surface area contributed by atoms with E-state index in [1.165, 1.54) is 0 Å². The third kappa shape index (κ3) is 2.00. The fraction of sp³-hybridized carbons (Fsp3) is 0.300. The van der Waals surface area contributed by atoms with Gasteiger partial charge in [-0.2, -0.15) is 0 Å². The van der Waals surface area contributed by atoms with Gasteiger partial charge in [0, 0.05) is 34.0 Å². The number of carbonyl (C=O) groups excluding carboxylic acids is 2. The Kier molecular flexibility index (Phi) is 3.29.